The molecule has 1 heterocycles. The van der Waals surface area contributed by atoms with Gasteiger partial charge in [0.1, 0.15) is 0 Å². The molecule has 20 heavy (non-hydrogen) atoms. The second kappa shape index (κ2) is 7.37. The summed E-state index contributed by atoms with van der Waals surface area (Å²) in [6, 6.07) is 7.22. The molecule has 5 nitrogen and oxygen atoms in total. The predicted octanol–water partition coefficient (Wildman–Crippen LogP) is -0.281. The average molecular weight is 267 g/mol. The van der Waals surface area contributed by atoms with Gasteiger partial charge in [-0.3, -0.25) is 20.0 Å². The van der Waals surface area contributed by atoms with Crippen molar-refractivity contribution < 1.29 is 28.4 Å². The Bertz CT molecular complexity index is 493. The number of benzene rings is 1. The zero-order valence-electron chi connectivity index (χ0n) is 12.2. The molecule has 1 N–H and O–H groups in total. The number of fused-ring (bicyclic) bond motifs is 1. The summed E-state index contributed by atoms with van der Waals surface area (Å²) in [5.74, 6) is -0.452. The van der Waals surface area contributed by atoms with Crippen molar-refractivity contribution in [1.82, 2.24) is 10.4 Å². The van der Waals surface area contributed by atoms with Crippen molar-refractivity contribution in [2.75, 3.05) is 0 Å². The van der Waals surface area contributed by atoms with Crippen molar-refractivity contribution in [3.8, 4) is 0 Å². The summed E-state index contributed by atoms with van der Waals surface area (Å²) in [6.07, 6.45) is 2.41. The Morgan fingerprint density at radius 1 is 1.40 bits per heavy atom. The van der Waals surface area contributed by atoms with Crippen LogP contribution in [0, 0.1) is 0 Å². The molecule has 6 heteroatoms. The number of para-hydroxylation sites is 1. The van der Waals surface area contributed by atoms with Crippen LogP contribution in [-0.4, -0.2) is 23.0 Å². The summed E-state index contributed by atoms with van der Waals surface area (Å²) in [5.41, 5.74) is 3.82. The molecule has 0 aliphatic carbocycles. The number of amides is 2. The van der Waals surface area contributed by atoms with Gasteiger partial charge in [0.15, 0.2) is 0 Å². The number of carbonyl (C=O) groups excluding carboxylic acids is 2. The number of nitrogens with zero attached hydrogens (tertiary/aromatic N) is 2. The average Bonchev–Trinajstić information content (AvgIpc) is 2.40. The Morgan fingerprint density at radius 3 is 2.75 bits per heavy atom. The van der Waals surface area contributed by atoms with Crippen LogP contribution in [0.1, 0.15) is 43.5 Å². The molecule has 0 saturated carbocycles. The summed E-state index contributed by atoms with van der Waals surface area (Å²) in [7, 11) is 0. The number of rotatable bonds is 4. The molecule has 2 rings (SSSR count). The maximum atomic E-state index is 12.4. The van der Waals surface area contributed by atoms with E-state index in [1.165, 1.54) is 11.9 Å². The van der Waals surface area contributed by atoms with E-state index in [0.29, 0.717) is 11.3 Å². The van der Waals surface area contributed by atoms with Crippen molar-refractivity contribution in [3.63, 3.8) is 0 Å². The van der Waals surface area contributed by atoms with Gasteiger partial charge in [-0.1, -0.05) is 44.0 Å². The van der Waals surface area contributed by atoms with Gasteiger partial charge in [-0.05, 0) is 12.6 Å². The summed E-state index contributed by atoms with van der Waals surface area (Å²) in [4.78, 5) is 23.6. The van der Waals surface area contributed by atoms with Crippen molar-refractivity contribution in [2.24, 2.45) is 0 Å². The van der Waals surface area contributed by atoms with Crippen LogP contribution in [0.15, 0.2) is 24.3 Å². The van der Waals surface area contributed by atoms with Gasteiger partial charge >= 0.3 is 18.9 Å². The van der Waals surface area contributed by atoms with E-state index in [4.69, 9.17) is 0 Å². The molecule has 1 aliphatic heterocycles. The molecule has 1 aliphatic rings. The number of nitrogens with one attached hydrogen (secondary N) is 1. The fourth-order valence-electron chi connectivity index (χ4n) is 2.13. The Morgan fingerprint density at radius 2 is 2.10 bits per heavy atom. The summed E-state index contributed by atoms with van der Waals surface area (Å²) >= 11 is 0. The van der Waals surface area contributed by atoms with Gasteiger partial charge in [0, 0.05) is 12.5 Å². The van der Waals surface area contributed by atoms with Crippen LogP contribution < -0.4 is 24.3 Å². The minimum atomic E-state index is -0.314. The smallest absolute Gasteiger partial charge is 0.663 e. The third kappa shape index (κ3) is 3.56. The van der Waals surface area contributed by atoms with Crippen LogP contribution in [0.2, 0.25) is 0 Å². The van der Waals surface area contributed by atoms with Gasteiger partial charge in [0.25, 0.3) is 5.91 Å². The van der Waals surface area contributed by atoms with Gasteiger partial charge in [0.2, 0.25) is 5.91 Å². The van der Waals surface area contributed by atoms with E-state index in [1.807, 2.05) is 12.1 Å². The second-order valence-electron chi connectivity index (χ2n) is 4.61. The Labute approximate surface area is 131 Å². The minimum Gasteiger partial charge on any atom is -0.663 e. The van der Waals surface area contributed by atoms with E-state index >= 15 is 0 Å². The summed E-state index contributed by atoms with van der Waals surface area (Å²) < 4.78 is 0. The maximum absolute atomic E-state index is 12.4. The Hall–Kier alpha value is -1.44. The van der Waals surface area contributed by atoms with E-state index in [2.05, 4.69) is 17.7 Å². The zero-order valence-corrected chi connectivity index (χ0v) is 12.2. The van der Waals surface area contributed by atoms with Crippen LogP contribution >= 0.6 is 0 Å². The number of hydrazine groups is 1. The fraction of sp³-hybridized carbons (Fsp3) is 0.429. The molecule has 0 radical (unpaired) electrons. The molecule has 1 aromatic rings. The van der Waals surface area contributed by atoms with Crippen LogP contribution in [0.5, 0.6) is 0 Å². The standard InChI is InChI=1S/C14H19N3O2.Li/c1-3-4-9-13-15-12-8-6-5-7-11(12)14(19)17(13)16-10(2)18;/h5-8,13H,3-4,9H2,1-2H3,(H2,15,16,18,19);/q;+1/p-1. The number of hydrogen-bond acceptors (Lipinski definition) is 2. The molecule has 1 atom stereocenters. The monoisotopic (exact) mass is 267 g/mol. The third-order valence-corrected chi connectivity index (χ3v) is 3.03. The first kappa shape index (κ1) is 16.6. The Kier molecular flexibility index (Phi) is 6.12. The van der Waals surface area contributed by atoms with E-state index in [1.54, 1.807) is 12.1 Å². The third-order valence-electron chi connectivity index (χ3n) is 3.03. The Balaban J connectivity index is 0.00000200. The van der Waals surface area contributed by atoms with Gasteiger partial charge in [0.05, 0.1) is 0 Å². The van der Waals surface area contributed by atoms with E-state index in [-0.39, 0.29) is 36.8 Å². The molecule has 0 spiro atoms. The van der Waals surface area contributed by atoms with Gasteiger partial charge in [-0.15, -0.1) is 5.69 Å². The topological polar surface area (TPSA) is 63.5 Å². The first-order valence-corrected chi connectivity index (χ1v) is 6.54. The molecule has 1 aromatic carbocycles. The first-order chi connectivity index (χ1) is 9.13. The maximum Gasteiger partial charge on any atom is 1.00 e. The second-order valence-corrected chi connectivity index (χ2v) is 4.61. The van der Waals surface area contributed by atoms with Crippen LogP contribution in [0.4, 0.5) is 5.69 Å². The van der Waals surface area contributed by atoms with Crippen LogP contribution in [0.25, 0.3) is 5.32 Å². The van der Waals surface area contributed by atoms with Crippen LogP contribution in [0.3, 0.4) is 0 Å². The molecule has 0 saturated heterocycles. The molecule has 1 unspecified atom stereocenters. The molecular weight excluding hydrogens is 249 g/mol. The van der Waals surface area contributed by atoms with Crippen molar-refractivity contribution in [3.05, 3.63) is 35.1 Å². The minimum absolute atomic E-state index is 0. The molecule has 102 valence electrons. The van der Waals surface area contributed by atoms with E-state index in [9.17, 15) is 9.59 Å². The summed E-state index contributed by atoms with van der Waals surface area (Å²) in [6.45, 7) is 3.48. The molecule has 2 amide bonds. The summed E-state index contributed by atoms with van der Waals surface area (Å²) in [5, 5.41) is 5.91. The SMILES string of the molecule is CCCCC1[N-]c2ccccc2C(=O)N1NC(C)=O.[Li+]. The van der Waals surface area contributed by atoms with Crippen molar-refractivity contribution >= 4 is 17.5 Å². The van der Waals surface area contributed by atoms with Gasteiger partial charge in [-0.2, -0.15) is 0 Å². The van der Waals surface area contributed by atoms with Gasteiger partial charge in [-0.25, -0.2) is 0 Å². The first-order valence-electron chi connectivity index (χ1n) is 6.54. The predicted molar refractivity (Wildman–Crippen MR) is 72.8 cm³/mol. The molecule has 0 fully saturated rings. The quantitative estimate of drug-likeness (QED) is 0.763. The van der Waals surface area contributed by atoms with Gasteiger partial charge < -0.3 is 5.32 Å². The van der Waals surface area contributed by atoms with E-state index in [0.717, 1.165) is 19.3 Å². The van der Waals surface area contributed by atoms with Crippen molar-refractivity contribution in [2.45, 2.75) is 39.3 Å². The van der Waals surface area contributed by atoms with Crippen LogP contribution in [-0.2, 0) is 4.79 Å². The zero-order chi connectivity index (χ0) is 13.8. The molecule has 0 aromatic heterocycles. The fourth-order valence-corrected chi connectivity index (χ4v) is 2.13. The number of hydrogen-bond donors (Lipinski definition) is 1. The van der Waals surface area contributed by atoms with Crippen molar-refractivity contribution in [1.29, 1.82) is 0 Å². The molecule has 0 bridgehead atoms. The largest absolute Gasteiger partial charge is 1.00 e. The van der Waals surface area contributed by atoms with E-state index < -0.39 is 0 Å². The number of carbonyl (C=O) groups is 2. The molecular formula is C14H18LiN3O2. The number of unbranched alkanes of at least 4 members (excludes halogenated alkanes) is 1. The normalized spacial score (nSPS) is 16.8.